The van der Waals surface area contributed by atoms with Crippen LogP contribution < -0.4 is 10.6 Å². The van der Waals surface area contributed by atoms with Crippen LogP contribution in [0.15, 0.2) is 24.3 Å². The highest BCUT2D eigenvalue weighted by molar-refractivity contribution is 5.78. The minimum Gasteiger partial charge on any atom is -0.359 e. The minimum absolute atomic E-state index is 0.173. The lowest BCUT2D eigenvalue weighted by molar-refractivity contribution is -0.139. The Morgan fingerprint density at radius 2 is 1.48 bits per heavy atom. The van der Waals surface area contributed by atoms with Gasteiger partial charge in [0.25, 0.3) is 0 Å². The Morgan fingerprint density at radius 3 is 2.10 bits per heavy atom. The molecule has 0 saturated carbocycles. The fraction of sp³-hybridized carbons (Fsp3) is 0.625. The molecule has 0 bridgehead atoms. The first kappa shape index (κ1) is 24.9. The van der Waals surface area contributed by atoms with Crippen LogP contribution in [0.25, 0.3) is 0 Å². The van der Waals surface area contributed by atoms with Crippen LogP contribution in [0.3, 0.4) is 0 Å². The number of hydrogen-bond donors (Lipinski definition) is 2. The largest absolute Gasteiger partial charge is 0.359 e. The van der Waals surface area contributed by atoms with Crippen molar-refractivity contribution in [3.05, 3.63) is 35.4 Å². The third kappa shape index (κ3) is 9.09. The van der Waals surface area contributed by atoms with Crippen molar-refractivity contribution < 1.29 is 14.4 Å². The molecule has 0 unspecified atom stereocenters. The molecule has 1 saturated heterocycles. The van der Waals surface area contributed by atoms with E-state index in [0.717, 1.165) is 45.2 Å². The Hall–Kier alpha value is -2.41. The van der Waals surface area contributed by atoms with Gasteiger partial charge in [-0.25, -0.2) is 0 Å². The van der Waals surface area contributed by atoms with Crippen LogP contribution in [0.1, 0.15) is 56.6 Å². The molecule has 2 rings (SSSR count). The average molecular weight is 431 g/mol. The molecule has 3 amide bonds. The third-order valence-corrected chi connectivity index (χ3v) is 5.84. The van der Waals surface area contributed by atoms with Crippen LogP contribution in [0.2, 0.25) is 0 Å². The molecule has 1 heterocycles. The number of carbonyl (C=O) groups is 3. The van der Waals surface area contributed by atoms with Crippen molar-refractivity contribution in [2.45, 2.75) is 58.4 Å². The quantitative estimate of drug-likeness (QED) is 0.350. The summed E-state index contributed by atoms with van der Waals surface area (Å²) < 4.78 is 0. The molecule has 2 N–H and O–H groups in total. The lowest BCUT2D eigenvalue weighted by Crippen LogP contribution is -2.50. The molecular formula is C24H38N4O3. The number of benzene rings is 1. The number of rotatable bonds is 14. The predicted octanol–water partition coefficient (Wildman–Crippen LogP) is 2.10. The van der Waals surface area contributed by atoms with Crippen LogP contribution in [0, 0.1) is 0 Å². The van der Waals surface area contributed by atoms with Crippen molar-refractivity contribution in [3.63, 3.8) is 0 Å². The molecule has 0 aromatic heterocycles. The van der Waals surface area contributed by atoms with Gasteiger partial charge in [0.1, 0.15) is 0 Å². The Labute approximate surface area is 186 Å². The first-order chi connectivity index (χ1) is 15.2. The first-order valence-electron chi connectivity index (χ1n) is 11.7. The van der Waals surface area contributed by atoms with E-state index in [1.54, 1.807) is 0 Å². The molecule has 0 atom stereocenters. The number of piperazine rings is 1. The van der Waals surface area contributed by atoms with Crippen molar-refractivity contribution in [3.8, 4) is 0 Å². The van der Waals surface area contributed by atoms with Gasteiger partial charge in [-0.3, -0.25) is 14.4 Å². The van der Waals surface area contributed by atoms with Gasteiger partial charge >= 0.3 is 0 Å². The number of carbonyl (C=O) groups excluding carboxylic acids is 3. The number of nitrogens with zero attached hydrogens (tertiary/aromatic N) is 2. The number of hydrogen-bond acceptors (Lipinski definition) is 4. The molecule has 0 aliphatic carbocycles. The lowest BCUT2D eigenvalue weighted by Gasteiger charge is -2.35. The summed E-state index contributed by atoms with van der Waals surface area (Å²) in [6, 6.07) is 8.46. The average Bonchev–Trinajstić information content (AvgIpc) is 2.81. The van der Waals surface area contributed by atoms with Gasteiger partial charge in [-0.1, -0.05) is 37.6 Å². The van der Waals surface area contributed by atoms with Gasteiger partial charge < -0.3 is 20.4 Å². The lowest BCUT2D eigenvalue weighted by atomic mass is 10.1. The predicted molar refractivity (Wildman–Crippen MR) is 122 cm³/mol. The van der Waals surface area contributed by atoms with Crippen molar-refractivity contribution in [2.75, 3.05) is 39.3 Å². The monoisotopic (exact) mass is 430 g/mol. The molecule has 31 heavy (non-hydrogen) atoms. The zero-order valence-electron chi connectivity index (χ0n) is 18.9. The van der Waals surface area contributed by atoms with Gasteiger partial charge in [-0.2, -0.15) is 0 Å². The van der Waals surface area contributed by atoms with Gasteiger partial charge in [0.15, 0.2) is 0 Å². The molecule has 1 fully saturated rings. The molecule has 7 nitrogen and oxygen atoms in total. The zero-order valence-corrected chi connectivity index (χ0v) is 18.9. The highest BCUT2D eigenvalue weighted by atomic mass is 16.2. The van der Waals surface area contributed by atoms with E-state index in [1.807, 2.05) is 9.80 Å². The van der Waals surface area contributed by atoms with E-state index in [4.69, 9.17) is 0 Å². The third-order valence-electron chi connectivity index (χ3n) is 5.84. The Morgan fingerprint density at radius 1 is 0.871 bits per heavy atom. The van der Waals surface area contributed by atoms with E-state index in [9.17, 15) is 14.4 Å². The summed E-state index contributed by atoms with van der Waals surface area (Å²) in [6.45, 7) is 7.01. The molecule has 7 heteroatoms. The molecule has 0 radical (unpaired) electrons. The molecule has 1 aromatic rings. The van der Waals surface area contributed by atoms with E-state index in [0.29, 0.717) is 52.0 Å². The maximum atomic E-state index is 12.5. The second-order valence-electron chi connectivity index (χ2n) is 8.05. The summed E-state index contributed by atoms with van der Waals surface area (Å²) in [5, 5.41) is 6.08. The second-order valence-corrected chi connectivity index (χ2v) is 8.05. The highest BCUT2D eigenvalue weighted by Gasteiger charge is 2.23. The summed E-state index contributed by atoms with van der Waals surface area (Å²) in [7, 11) is 0. The Bertz CT molecular complexity index is 687. The summed E-state index contributed by atoms with van der Waals surface area (Å²) in [6.07, 6.45) is 6.32. The van der Waals surface area contributed by atoms with Gasteiger partial charge in [0.2, 0.25) is 18.2 Å². The van der Waals surface area contributed by atoms with Gasteiger partial charge in [0.05, 0.1) is 0 Å². The Balaban J connectivity index is 1.55. The number of amides is 3. The maximum absolute atomic E-state index is 12.5. The van der Waals surface area contributed by atoms with Gasteiger partial charge in [-0.05, 0) is 43.4 Å². The molecule has 1 aliphatic heterocycles. The summed E-state index contributed by atoms with van der Waals surface area (Å²) >= 11 is 0. The fourth-order valence-corrected chi connectivity index (χ4v) is 3.92. The van der Waals surface area contributed by atoms with Crippen molar-refractivity contribution in [1.29, 1.82) is 0 Å². The van der Waals surface area contributed by atoms with Crippen LogP contribution in [-0.2, 0) is 27.3 Å². The number of unbranched alkanes of at least 4 members (excludes halogenated alkanes) is 2. The number of nitrogens with one attached hydrogen (secondary N) is 2. The molecule has 0 spiro atoms. The first-order valence-corrected chi connectivity index (χ1v) is 11.7. The molecule has 1 aliphatic rings. The number of aryl methyl sites for hydroxylation is 1. The van der Waals surface area contributed by atoms with Crippen LogP contribution >= 0.6 is 0 Å². The zero-order chi connectivity index (χ0) is 22.3. The summed E-state index contributed by atoms with van der Waals surface area (Å²) in [5.41, 5.74) is 2.70. The molecule has 1 aromatic carbocycles. The van der Waals surface area contributed by atoms with Crippen molar-refractivity contribution in [2.24, 2.45) is 0 Å². The van der Waals surface area contributed by atoms with E-state index < -0.39 is 0 Å². The van der Waals surface area contributed by atoms with E-state index in [1.165, 1.54) is 11.1 Å². The smallest absolute Gasteiger partial charge is 0.222 e. The highest BCUT2D eigenvalue weighted by Crippen LogP contribution is 2.10. The summed E-state index contributed by atoms with van der Waals surface area (Å²) in [4.78, 5) is 38.7. The van der Waals surface area contributed by atoms with Crippen LogP contribution in [0.5, 0.6) is 0 Å². The second kappa shape index (κ2) is 14.6. The van der Waals surface area contributed by atoms with E-state index >= 15 is 0 Å². The molecule has 172 valence electrons. The van der Waals surface area contributed by atoms with Gasteiger partial charge in [-0.15, -0.1) is 0 Å². The Kier molecular flexibility index (Phi) is 11.7. The maximum Gasteiger partial charge on any atom is 0.222 e. The van der Waals surface area contributed by atoms with Gasteiger partial charge in [0, 0.05) is 52.1 Å². The SMILES string of the molecule is CCc1ccccc1CNCCCC(=O)N1CCN(C(=O)CCCCCNC=O)CC1. The summed E-state index contributed by atoms with van der Waals surface area (Å²) in [5.74, 6) is 0.359. The molecular weight excluding hydrogens is 392 g/mol. The fourth-order valence-electron chi connectivity index (χ4n) is 3.92. The van der Waals surface area contributed by atoms with Crippen molar-refractivity contribution >= 4 is 18.2 Å². The van der Waals surface area contributed by atoms with Crippen LogP contribution in [-0.4, -0.2) is 67.3 Å². The minimum atomic E-state index is 0.173. The van der Waals surface area contributed by atoms with Crippen LogP contribution in [0.4, 0.5) is 0 Å². The standard InChI is InChI=1S/C24H38N4O3/c1-2-21-9-5-6-10-22(21)19-25-14-8-12-24(31)28-17-15-27(16-18-28)23(30)11-4-3-7-13-26-20-29/h5-6,9-10,20,25H,2-4,7-8,11-19H2,1H3,(H,26,29). The normalized spacial score (nSPS) is 13.8. The van der Waals surface area contributed by atoms with Crippen molar-refractivity contribution in [1.82, 2.24) is 20.4 Å². The van der Waals surface area contributed by atoms with E-state index in [-0.39, 0.29) is 11.8 Å². The topological polar surface area (TPSA) is 81.8 Å². The van der Waals surface area contributed by atoms with E-state index in [2.05, 4.69) is 41.8 Å².